The van der Waals surface area contributed by atoms with E-state index >= 15 is 0 Å². The lowest BCUT2D eigenvalue weighted by molar-refractivity contribution is 0.0941. The van der Waals surface area contributed by atoms with E-state index in [1.165, 1.54) is 11.8 Å². The minimum absolute atomic E-state index is 0.0317. The van der Waals surface area contributed by atoms with Crippen molar-refractivity contribution >= 4 is 38.8 Å². The van der Waals surface area contributed by atoms with Gasteiger partial charge in [-0.15, -0.1) is 4.99 Å². The van der Waals surface area contributed by atoms with Crippen LogP contribution in [0.2, 0.25) is 0 Å². The van der Waals surface area contributed by atoms with E-state index in [0.29, 0.717) is 18.0 Å². The monoisotopic (exact) mass is 394 g/mol. The van der Waals surface area contributed by atoms with E-state index in [2.05, 4.69) is 31.1 Å². The number of benzene rings is 1. The third-order valence-corrected chi connectivity index (χ3v) is 5.11. The number of likely N-dealkylation sites (tertiary alicyclic amines) is 1. The molecular weight excluding hydrogens is 376 g/mol. The number of rotatable bonds is 3. The number of thioether (sulfide) groups is 1. The summed E-state index contributed by atoms with van der Waals surface area (Å²) in [6.45, 7) is 2.44. The number of amidine groups is 1. The maximum absolute atomic E-state index is 12.1. The number of aliphatic imine (C=N–C) groups is 1. The molecule has 7 heteroatoms. The zero-order valence-electron chi connectivity index (χ0n) is 13.0. The van der Waals surface area contributed by atoms with Crippen LogP contribution in [-0.2, 0) is 0 Å². The molecule has 1 N–H and O–H groups in total. The number of carbonyl (C=O) groups is 1. The molecule has 0 unspecified atom stereocenters. The van der Waals surface area contributed by atoms with Crippen molar-refractivity contribution in [1.82, 2.24) is 10.2 Å². The van der Waals surface area contributed by atoms with Crippen LogP contribution in [-0.4, -0.2) is 41.9 Å². The number of nitriles is 1. The van der Waals surface area contributed by atoms with Gasteiger partial charge in [-0.25, -0.2) is 0 Å². The molecular formula is C16H19BrN4OS. The molecule has 1 amide bonds. The summed E-state index contributed by atoms with van der Waals surface area (Å²) in [4.78, 5) is 18.1. The Balaban J connectivity index is 1.78. The van der Waals surface area contributed by atoms with Gasteiger partial charge in [-0.3, -0.25) is 4.79 Å². The molecule has 1 aliphatic rings. The van der Waals surface area contributed by atoms with Crippen LogP contribution < -0.4 is 5.32 Å². The second-order valence-electron chi connectivity index (χ2n) is 5.35. The van der Waals surface area contributed by atoms with Crippen molar-refractivity contribution in [1.29, 1.82) is 5.26 Å². The zero-order chi connectivity index (χ0) is 16.7. The number of carbonyl (C=O) groups excluding carboxylic acids is 1. The maximum Gasteiger partial charge on any atom is 0.251 e. The Kier molecular flexibility index (Phi) is 6.93. The van der Waals surface area contributed by atoms with Gasteiger partial charge in [-0.1, -0.05) is 27.7 Å². The van der Waals surface area contributed by atoms with Crippen LogP contribution >= 0.6 is 27.7 Å². The molecule has 1 aromatic rings. The van der Waals surface area contributed by atoms with Gasteiger partial charge in [0, 0.05) is 29.7 Å². The van der Waals surface area contributed by atoms with E-state index in [1.54, 1.807) is 0 Å². The lowest BCUT2D eigenvalue weighted by atomic mass is 9.97. The predicted molar refractivity (Wildman–Crippen MR) is 97.3 cm³/mol. The highest BCUT2D eigenvalue weighted by molar-refractivity contribution is 9.10. The summed E-state index contributed by atoms with van der Waals surface area (Å²) in [6, 6.07) is 7.36. The summed E-state index contributed by atoms with van der Waals surface area (Å²) in [7, 11) is 0. The third kappa shape index (κ3) is 5.26. The molecule has 5 nitrogen and oxygen atoms in total. The first-order valence-corrected chi connectivity index (χ1v) is 9.45. The minimum atomic E-state index is -0.0317. The molecule has 0 saturated carbocycles. The number of nitrogens with zero attached hydrogens (tertiary/aromatic N) is 3. The van der Waals surface area contributed by atoms with Gasteiger partial charge in [-0.05, 0) is 49.3 Å². The fourth-order valence-corrected chi connectivity index (χ4v) is 3.39. The number of nitrogens with one attached hydrogen (secondary N) is 1. The molecule has 1 heterocycles. The van der Waals surface area contributed by atoms with Crippen LogP contribution in [0.5, 0.6) is 0 Å². The van der Waals surface area contributed by atoms with Gasteiger partial charge in [0.1, 0.15) is 0 Å². The number of piperidine rings is 1. The van der Waals surface area contributed by atoms with Crippen molar-refractivity contribution in [2.24, 2.45) is 10.9 Å². The van der Waals surface area contributed by atoms with Crippen molar-refractivity contribution < 1.29 is 4.79 Å². The Labute approximate surface area is 149 Å². The fraction of sp³-hybridized carbons (Fsp3) is 0.438. The maximum atomic E-state index is 12.1. The quantitative estimate of drug-likeness (QED) is 0.485. The molecule has 0 aromatic heterocycles. The van der Waals surface area contributed by atoms with Gasteiger partial charge in [0.2, 0.25) is 6.19 Å². The highest BCUT2D eigenvalue weighted by atomic mass is 79.9. The summed E-state index contributed by atoms with van der Waals surface area (Å²) < 4.78 is 0.963. The van der Waals surface area contributed by atoms with E-state index < -0.39 is 0 Å². The largest absolute Gasteiger partial charge is 0.352 e. The fourth-order valence-electron chi connectivity index (χ4n) is 2.56. The smallest absolute Gasteiger partial charge is 0.251 e. The molecule has 0 spiro atoms. The number of amides is 1. The molecule has 0 bridgehead atoms. The molecule has 0 aliphatic carbocycles. The second-order valence-corrected chi connectivity index (χ2v) is 7.03. The van der Waals surface area contributed by atoms with Crippen molar-refractivity contribution in [2.75, 3.05) is 25.9 Å². The molecule has 2 rings (SSSR count). The molecule has 1 aromatic carbocycles. The van der Waals surface area contributed by atoms with Gasteiger partial charge in [0.15, 0.2) is 5.17 Å². The predicted octanol–water partition coefficient (Wildman–Crippen LogP) is 3.09. The summed E-state index contributed by atoms with van der Waals surface area (Å²) in [5.41, 5.74) is 0.677. The lowest BCUT2D eigenvalue weighted by Gasteiger charge is -2.33. The normalized spacial score (nSPS) is 16.0. The van der Waals surface area contributed by atoms with E-state index in [4.69, 9.17) is 5.26 Å². The Hall–Kier alpha value is -1.52. The summed E-state index contributed by atoms with van der Waals surface area (Å²) in [5, 5.41) is 12.5. The van der Waals surface area contributed by atoms with E-state index in [1.807, 2.05) is 36.7 Å². The summed E-state index contributed by atoms with van der Waals surface area (Å²) >= 11 is 4.86. The highest BCUT2D eigenvalue weighted by Gasteiger charge is 2.22. The number of hydrogen-bond donors (Lipinski definition) is 1. The van der Waals surface area contributed by atoms with Gasteiger partial charge < -0.3 is 10.2 Å². The van der Waals surface area contributed by atoms with Crippen LogP contribution in [0.15, 0.2) is 33.7 Å². The molecule has 1 aliphatic heterocycles. The Morgan fingerprint density at radius 2 is 2.09 bits per heavy atom. The average molecular weight is 395 g/mol. The standard InChI is InChI=1S/C16H19BrN4OS/c1-23-16(20-11-18)21-8-6-12(7-9-21)10-19-15(22)13-2-4-14(17)5-3-13/h2-5,12H,6-10H2,1H3,(H,19,22). The molecule has 23 heavy (non-hydrogen) atoms. The molecule has 1 saturated heterocycles. The first-order valence-electron chi connectivity index (χ1n) is 7.43. The van der Waals surface area contributed by atoms with Crippen molar-refractivity contribution in [3.8, 4) is 6.19 Å². The van der Waals surface area contributed by atoms with E-state index in [0.717, 1.165) is 35.6 Å². The Bertz CT molecular complexity index is 604. The zero-order valence-corrected chi connectivity index (χ0v) is 15.4. The molecule has 1 fully saturated rings. The Morgan fingerprint density at radius 3 is 2.65 bits per heavy atom. The highest BCUT2D eigenvalue weighted by Crippen LogP contribution is 2.19. The van der Waals surface area contributed by atoms with Crippen molar-refractivity contribution in [3.63, 3.8) is 0 Å². The first kappa shape index (κ1) is 17.8. The SMILES string of the molecule is CSC(=NC#N)N1CCC(CNC(=O)c2ccc(Br)cc2)CC1. The summed E-state index contributed by atoms with van der Waals surface area (Å²) in [6.07, 6.45) is 5.77. The van der Waals surface area contributed by atoms with Crippen molar-refractivity contribution in [2.45, 2.75) is 12.8 Å². The van der Waals surface area contributed by atoms with Crippen LogP contribution in [0.4, 0.5) is 0 Å². The van der Waals surface area contributed by atoms with Gasteiger partial charge in [-0.2, -0.15) is 5.26 Å². The van der Waals surface area contributed by atoms with Crippen LogP contribution in [0, 0.1) is 17.4 Å². The van der Waals surface area contributed by atoms with Gasteiger partial charge in [0.05, 0.1) is 0 Å². The van der Waals surface area contributed by atoms with Gasteiger partial charge >= 0.3 is 0 Å². The van der Waals surface area contributed by atoms with Crippen LogP contribution in [0.25, 0.3) is 0 Å². The second kappa shape index (κ2) is 8.94. The molecule has 0 atom stereocenters. The number of halogens is 1. The molecule has 122 valence electrons. The van der Waals surface area contributed by atoms with E-state index in [-0.39, 0.29) is 5.91 Å². The summed E-state index contributed by atoms with van der Waals surface area (Å²) in [5.74, 6) is 0.437. The van der Waals surface area contributed by atoms with Crippen LogP contribution in [0.3, 0.4) is 0 Å². The van der Waals surface area contributed by atoms with Crippen LogP contribution in [0.1, 0.15) is 23.2 Å². The topological polar surface area (TPSA) is 68.5 Å². The average Bonchev–Trinajstić information content (AvgIpc) is 2.59. The lowest BCUT2D eigenvalue weighted by Crippen LogP contribution is -2.40. The first-order chi connectivity index (χ1) is 11.1. The minimum Gasteiger partial charge on any atom is -0.352 e. The van der Waals surface area contributed by atoms with E-state index in [9.17, 15) is 4.79 Å². The van der Waals surface area contributed by atoms with Gasteiger partial charge in [0.25, 0.3) is 5.91 Å². The Morgan fingerprint density at radius 1 is 1.43 bits per heavy atom. The van der Waals surface area contributed by atoms with Crippen molar-refractivity contribution in [3.05, 3.63) is 34.3 Å². The molecule has 0 radical (unpaired) electrons. The third-order valence-electron chi connectivity index (χ3n) is 3.87. The number of hydrogen-bond acceptors (Lipinski definition) is 4.